The molecule has 1 aromatic rings. The summed E-state index contributed by atoms with van der Waals surface area (Å²) >= 11 is 3.32. The summed E-state index contributed by atoms with van der Waals surface area (Å²) in [6, 6.07) is 3.88. The topological polar surface area (TPSA) is 70.0 Å². The third kappa shape index (κ3) is 7.51. The number of methoxy groups -OCH3 is 1. The van der Waals surface area contributed by atoms with Crippen molar-refractivity contribution in [3.05, 3.63) is 28.5 Å². The van der Waals surface area contributed by atoms with E-state index < -0.39 is 5.60 Å². The summed E-state index contributed by atoms with van der Waals surface area (Å²) in [4.78, 5) is 19.8. The van der Waals surface area contributed by atoms with Crippen molar-refractivity contribution in [1.82, 2.24) is 4.98 Å². The Morgan fingerprint density at radius 1 is 1.41 bits per heavy atom. The molecule has 7 heteroatoms. The SMILES string of the molecule is Brc1ccc(C2=NOCC2)nc1.COCC(=O)OC(C)(C)C. The standard InChI is InChI=1S/C8H7BrN2O.C7H14O3/c9-6-1-2-7(10-5-6)8-3-4-12-11-8;1-7(2,3)10-6(8)5-9-4/h1-2,5H,3-4H2;5H2,1-4H3. The number of pyridine rings is 1. The molecule has 0 unspecified atom stereocenters. The van der Waals surface area contributed by atoms with Crippen LogP contribution in [0.4, 0.5) is 0 Å². The van der Waals surface area contributed by atoms with E-state index in [2.05, 4.69) is 30.8 Å². The van der Waals surface area contributed by atoms with Crippen molar-refractivity contribution >= 4 is 27.6 Å². The third-order valence-corrected chi connectivity index (χ3v) is 2.78. The van der Waals surface area contributed by atoms with E-state index in [1.165, 1.54) is 7.11 Å². The minimum absolute atomic E-state index is 0.0251. The second-order valence-corrected chi connectivity index (χ2v) is 6.42. The minimum Gasteiger partial charge on any atom is -0.458 e. The molecule has 2 rings (SSSR count). The summed E-state index contributed by atoms with van der Waals surface area (Å²) in [5.41, 5.74) is 1.42. The highest BCUT2D eigenvalue weighted by atomic mass is 79.9. The zero-order valence-electron chi connectivity index (χ0n) is 13.3. The van der Waals surface area contributed by atoms with E-state index in [1.807, 2.05) is 32.9 Å². The van der Waals surface area contributed by atoms with Gasteiger partial charge in [-0.05, 0) is 48.8 Å². The minimum atomic E-state index is -0.407. The zero-order valence-corrected chi connectivity index (χ0v) is 14.8. The lowest BCUT2D eigenvalue weighted by molar-refractivity contribution is -0.159. The normalized spacial score (nSPS) is 13.6. The molecule has 0 aliphatic carbocycles. The van der Waals surface area contributed by atoms with Gasteiger partial charge in [-0.15, -0.1) is 0 Å². The lowest BCUT2D eigenvalue weighted by Gasteiger charge is -2.18. The van der Waals surface area contributed by atoms with Gasteiger partial charge >= 0.3 is 5.97 Å². The van der Waals surface area contributed by atoms with E-state index in [0.29, 0.717) is 6.61 Å². The summed E-state index contributed by atoms with van der Waals surface area (Å²) in [5, 5.41) is 3.87. The Balaban J connectivity index is 0.000000225. The van der Waals surface area contributed by atoms with Crippen LogP contribution in [0.3, 0.4) is 0 Å². The third-order valence-electron chi connectivity index (χ3n) is 2.31. The maximum Gasteiger partial charge on any atom is 0.332 e. The molecule has 6 nitrogen and oxygen atoms in total. The summed E-state index contributed by atoms with van der Waals surface area (Å²) in [6.45, 7) is 6.16. The van der Waals surface area contributed by atoms with Gasteiger partial charge < -0.3 is 14.3 Å². The first-order chi connectivity index (χ1) is 10.3. The highest BCUT2D eigenvalue weighted by Crippen LogP contribution is 2.12. The number of nitrogens with zero attached hydrogens (tertiary/aromatic N) is 2. The molecule has 1 aromatic heterocycles. The van der Waals surface area contributed by atoms with Crippen molar-refractivity contribution in [3.8, 4) is 0 Å². The molecule has 0 N–H and O–H groups in total. The maximum atomic E-state index is 10.7. The van der Waals surface area contributed by atoms with Gasteiger partial charge in [-0.1, -0.05) is 5.16 Å². The average Bonchev–Trinajstić information content (AvgIpc) is 2.92. The van der Waals surface area contributed by atoms with E-state index >= 15 is 0 Å². The predicted octanol–water partition coefficient (Wildman–Crippen LogP) is 2.94. The fraction of sp³-hybridized carbons (Fsp3) is 0.533. The van der Waals surface area contributed by atoms with Crippen molar-refractivity contribution in [3.63, 3.8) is 0 Å². The number of oxime groups is 1. The Labute approximate surface area is 139 Å². The number of carbonyl (C=O) groups excluding carboxylic acids is 1. The Morgan fingerprint density at radius 2 is 2.14 bits per heavy atom. The lowest BCUT2D eigenvalue weighted by Crippen LogP contribution is -2.26. The summed E-state index contributed by atoms with van der Waals surface area (Å²) in [7, 11) is 1.46. The first-order valence-electron chi connectivity index (χ1n) is 6.83. The molecule has 2 heterocycles. The highest BCUT2D eigenvalue weighted by molar-refractivity contribution is 9.10. The number of esters is 1. The van der Waals surface area contributed by atoms with Crippen LogP contribution in [0, 0.1) is 0 Å². The van der Waals surface area contributed by atoms with E-state index in [9.17, 15) is 4.79 Å². The first-order valence-corrected chi connectivity index (χ1v) is 7.62. The second kappa shape index (κ2) is 8.85. The second-order valence-electron chi connectivity index (χ2n) is 5.50. The van der Waals surface area contributed by atoms with Gasteiger partial charge in [0, 0.05) is 24.2 Å². The molecule has 0 amide bonds. The van der Waals surface area contributed by atoms with Crippen LogP contribution in [0.15, 0.2) is 28.0 Å². The largest absolute Gasteiger partial charge is 0.458 e. The maximum absolute atomic E-state index is 10.7. The monoisotopic (exact) mass is 372 g/mol. The molecule has 1 aliphatic heterocycles. The molecule has 0 saturated heterocycles. The van der Waals surface area contributed by atoms with E-state index in [4.69, 9.17) is 9.57 Å². The molecule has 22 heavy (non-hydrogen) atoms. The predicted molar refractivity (Wildman–Crippen MR) is 86.8 cm³/mol. The molecule has 1 aliphatic rings. The van der Waals surface area contributed by atoms with Gasteiger partial charge in [0.25, 0.3) is 0 Å². The molecule has 0 fully saturated rings. The fourth-order valence-electron chi connectivity index (χ4n) is 1.52. The number of hydrogen-bond acceptors (Lipinski definition) is 6. The van der Waals surface area contributed by atoms with Gasteiger partial charge in [0.15, 0.2) is 0 Å². The van der Waals surface area contributed by atoms with Gasteiger partial charge in [0.2, 0.25) is 0 Å². The molecule has 0 bridgehead atoms. The quantitative estimate of drug-likeness (QED) is 0.762. The van der Waals surface area contributed by atoms with Crippen molar-refractivity contribution in [1.29, 1.82) is 0 Å². The molecular weight excluding hydrogens is 352 g/mol. The van der Waals surface area contributed by atoms with Gasteiger partial charge in [0.05, 0.1) is 5.69 Å². The van der Waals surface area contributed by atoms with Gasteiger partial charge in [-0.25, -0.2) is 4.79 Å². The number of carbonyl (C=O) groups is 1. The van der Waals surface area contributed by atoms with Crippen LogP contribution in [0.5, 0.6) is 0 Å². The van der Waals surface area contributed by atoms with Crippen LogP contribution >= 0.6 is 15.9 Å². The van der Waals surface area contributed by atoms with Crippen LogP contribution in [-0.2, 0) is 19.1 Å². The molecular formula is C15H21BrN2O4. The summed E-state index contributed by atoms with van der Waals surface area (Å²) < 4.78 is 10.5. The number of rotatable bonds is 3. The fourth-order valence-corrected chi connectivity index (χ4v) is 1.76. The number of ether oxygens (including phenoxy) is 2. The molecule has 0 aromatic carbocycles. The highest BCUT2D eigenvalue weighted by Gasteiger charge is 2.15. The first kappa shape index (κ1) is 18.6. The smallest absolute Gasteiger partial charge is 0.332 e. The van der Waals surface area contributed by atoms with E-state index in [1.54, 1.807) is 6.20 Å². The van der Waals surface area contributed by atoms with Crippen LogP contribution < -0.4 is 0 Å². The van der Waals surface area contributed by atoms with Crippen molar-refractivity contribution in [2.24, 2.45) is 5.16 Å². The number of halogens is 1. The van der Waals surface area contributed by atoms with Crippen LogP contribution in [-0.4, -0.2) is 42.6 Å². The molecule has 0 atom stereocenters. The van der Waals surface area contributed by atoms with Crippen molar-refractivity contribution in [2.45, 2.75) is 32.8 Å². The van der Waals surface area contributed by atoms with Crippen molar-refractivity contribution in [2.75, 3.05) is 20.3 Å². The van der Waals surface area contributed by atoms with Gasteiger partial charge in [-0.2, -0.15) is 0 Å². The molecule has 0 radical (unpaired) electrons. The van der Waals surface area contributed by atoms with E-state index in [0.717, 1.165) is 22.3 Å². The van der Waals surface area contributed by atoms with Gasteiger partial charge in [0.1, 0.15) is 24.5 Å². The number of aromatic nitrogens is 1. The zero-order chi connectivity index (χ0) is 16.6. The Morgan fingerprint density at radius 3 is 2.59 bits per heavy atom. The van der Waals surface area contributed by atoms with Crippen LogP contribution in [0.25, 0.3) is 0 Å². The molecule has 0 saturated carbocycles. The Kier molecular flexibility index (Phi) is 7.47. The molecule has 0 spiro atoms. The Bertz CT molecular complexity index is 509. The van der Waals surface area contributed by atoms with Crippen LogP contribution in [0.2, 0.25) is 0 Å². The van der Waals surface area contributed by atoms with Crippen LogP contribution in [0.1, 0.15) is 32.9 Å². The number of hydrogen-bond donors (Lipinski definition) is 0. The van der Waals surface area contributed by atoms with E-state index in [-0.39, 0.29) is 12.6 Å². The van der Waals surface area contributed by atoms with Gasteiger partial charge in [-0.3, -0.25) is 4.98 Å². The Hall–Kier alpha value is -1.47. The van der Waals surface area contributed by atoms with Crippen molar-refractivity contribution < 1.29 is 19.1 Å². The molecule has 122 valence electrons. The lowest BCUT2D eigenvalue weighted by atomic mass is 10.2. The summed E-state index contributed by atoms with van der Waals surface area (Å²) in [6.07, 6.45) is 2.62. The summed E-state index contributed by atoms with van der Waals surface area (Å²) in [5.74, 6) is -0.324. The average molecular weight is 373 g/mol.